The molecule has 0 bridgehead atoms. The molecule has 0 aromatic heterocycles. The van der Waals surface area contributed by atoms with Gasteiger partial charge >= 0.3 is 12.0 Å². The fourth-order valence-corrected chi connectivity index (χ4v) is 2.65. The Labute approximate surface area is 126 Å². The Morgan fingerprint density at radius 2 is 1.95 bits per heavy atom. The summed E-state index contributed by atoms with van der Waals surface area (Å²) in [4.78, 5) is 22.8. The standard InChI is InChI=1S/C15H28N2O4/c1-2-3-9-21-10-8-16-15(20)17-11-12-6-4-5-7-13(12)14(18)19/h12-13H,2-11H2,1H3,(H,18,19)(H2,16,17,20). The third-order valence-electron chi connectivity index (χ3n) is 3.93. The SMILES string of the molecule is CCCCOCCNC(=O)NCC1CCCCC1C(=O)O. The molecule has 2 unspecified atom stereocenters. The van der Waals surface area contributed by atoms with E-state index < -0.39 is 5.97 Å². The molecule has 0 heterocycles. The summed E-state index contributed by atoms with van der Waals surface area (Å²) in [5.41, 5.74) is 0. The zero-order valence-corrected chi connectivity index (χ0v) is 12.9. The average molecular weight is 300 g/mol. The molecule has 0 spiro atoms. The predicted molar refractivity (Wildman–Crippen MR) is 80.2 cm³/mol. The van der Waals surface area contributed by atoms with Gasteiger partial charge in [0, 0.05) is 19.7 Å². The highest BCUT2D eigenvalue weighted by atomic mass is 16.5. The molecule has 21 heavy (non-hydrogen) atoms. The van der Waals surface area contributed by atoms with E-state index in [9.17, 15) is 14.7 Å². The highest BCUT2D eigenvalue weighted by Gasteiger charge is 2.30. The quantitative estimate of drug-likeness (QED) is 0.568. The fraction of sp³-hybridized carbons (Fsp3) is 0.867. The predicted octanol–water partition coefficient (Wildman–Crippen LogP) is 1.99. The molecule has 3 N–H and O–H groups in total. The molecule has 122 valence electrons. The number of carboxylic acid groups (broad SMARTS) is 1. The molecule has 6 heteroatoms. The molecule has 1 aliphatic rings. The Morgan fingerprint density at radius 1 is 1.19 bits per heavy atom. The Bertz CT molecular complexity index is 323. The smallest absolute Gasteiger partial charge is 0.314 e. The van der Waals surface area contributed by atoms with Crippen molar-refractivity contribution < 1.29 is 19.4 Å². The van der Waals surface area contributed by atoms with Crippen molar-refractivity contribution in [3.8, 4) is 0 Å². The van der Waals surface area contributed by atoms with Crippen molar-refractivity contribution in [3.63, 3.8) is 0 Å². The molecule has 6 nitrogen and oxygen atoms in total. The van der Waals surface area contributed by atoms with Gasteiger partial charge < -0.3 is 20.5 Å². The minimum atomic E-state index is -0.744. The molecule has 1 rings (SSSR count). The number of carbonyl (C=O) groups is 2. The number of nitrogens with one attached hydrogen (secondary N) is 2. The van der Waals surface area contributed by atoms with Crippen molar-refractivity contribution >= 4 is 12.0 Å². The van der Waals surface area contributed by atoms with Crippen molar-refractivity contribution in [1.29, 1.82) is 0 Å². The largest absolute Gasteiger partial charge is 0.481 e. The van der Waals surface area contributed by atoms with Crippen LogP contribution < -0.4 is 10.6 Å². The number of amides is 2. The number of ether oxygens (including phenoxy) is 1. The Balaban J connectivity index is 2.12. The van der Waals surface area contributed by atoms with Crippen LogP contribution in [0.1, 0.15) is 45.4 Å². The highest BCUT2D eigenvalue weighted by molar-refractivity contribution is 5.74. The van der Waals surface area contributed by atoms with Gasteiger partial charge in [0.1, 0.15) is 0 Å². The average Bonchev–Trinajstić information content (AvgIpc) is 2.49. The van der Waals surface area contributed by atoms with Gasteiger partial charge in [-0.05, 0) is 25.2 Å². The van der Waals surface area contributed by atoms with Crippen LogP contribution in [-0.4, -0.2) is 43.4 Å². The van der Waals surface area contributed by atoms with E-state index in [-0.39, 0.29) is 17.9 Å². The maximum atomic E-state index is 11.6. The normalized spacial score (nSPS) is 21.8. The molecule has 1 saturated carbocycles. The summed E-state index contributed by atoms with van der Waals surface area (Å²) in [5.74, 6) is -1.02. The lowest BCUT2D eigenvalue weighted by Crippen LogP contribution is -2.42. The molecule has 0 aromatic carbocycles. The zero-order chi connectivity index (χ0) is 15.5. The van der Waals surface area contributed by atoms with Gasteiger partial charge in [0.15, 0.2) is 0 Å². The minimum Gasteiger partial charge on any atom is -0.481 e. The number of carboxylic acids is 1. The molecular formula is C15H28N2O4. The van der Waals surface area contributed by atoms with Crippen LogP contribution in [0.5, 0.6) is 0 Å². The second-order valence-electron chi connectivity index (χ2n) is 5.59. The number of carbonyl (C=O) groups excluding carboxylic acids is 1. The first-order chi connectivity index (χ1) is 10.1. The maximum Gasteiger partial charge on any atom is 0.314 e. The van der Waals surface area contributed by atoms with Crippen LogP contribution in [0.3, 0.4) is 0 Å². The summed E-state index contributed by atoms with van der Waals surface area (Å²) in [7, 11) is 0. The van der Waals surface area contributed by atoms with E-state index in [2.05, 4.69) is 17.6 Å². The first kappa shape index (κ1) is 17.8. The number of hydrogen-bond donors (Lipinski definition) is 3. The Hall–Kier alpha value is -1.30. The lowest BCUT2D eigenvalue weighted by molar-refractivity contribution is -0.144. The zero-order valence-electron chi connectivity index (χ0n) is 12.9. The number of aliphatic carboxylic acids is 1. The van der Waals surface area contributed by atoms with Gasteiger partial charge in [0.25, 0.3) is 0 Å². The number of hydrogen-bond acceptors (Lipinski definition) is 3. The van der Waals surface area contributed by atoms with Crippen molar-refractivity contribution in [2.24, 2.45) is 11.8 Å². The fourth-order valence-electron chi connectivity index (χ4n) is 2.65. The summed E-state index contributed by atoms with van der Waals surface area (Å²) >= 11 is 0. The van der Waals surface area contributed by atoms with E-state index in [1.807, 2.05) is 0 Å². The van der Waals surface area contributed by atoms with Crippen LogP contribution in [0.15, 0.2) is 0 Å². The lowest BCUT2D eigenvalue weighted by Gasteiger charge is -2.28. The number of unbranched alkanes of at least 4 members (excludes halogenated alkanes) is 1. The van der Waals surface area contributed by atoms with Gasteiger partial charge in [0.2, 0.25) is 0 Å². The topological polar surface area (TPSA) is 87.7 Å². The summed E-state index contributed by atoms with van der Waals surface area (Å²) in [6.07, 6.45) is 5.73. The van der Waals surface area contributed by atoms with E-state index in [0.29, 0.717) is 26.1 Å². The van der Waals surface area contributed by atoms with Crippen molar-refractivity contribution in [2.75, 3.05) is 26.3 Å². The summed E-state index contributed by atoms with van der Waals surface area (Å²) in [5, 5.41) is 14.7. The van der Waals surface area contributed by atoms with Gasteiger partial charge in [-0.15, -0.1) is 0 Å². The molecule has 0 radical (unpaired) electrons. The van der Waals surface area contributed by atoms with E-state index in [1.54, 1.807) is 0 Å². The monoisotopic (exact) mass is 300 g/mol. The van der Waals surface area contributed by atoms with Gasteiger partial charge in [-0.25, -0.2) is 4.79 Å². The number of rotatable bonds is 9. The minimum absolute atomic E-state index is 0.0443. The second kappa shape index (κ2) is 10.4. The van der Waals surface area contributed by atoms with E-state index in [4.69, 9.17) is 4.74 Å². The Morgan fingerprint density at radius 3 is 2.67 bits per heavy atom. The van der Waals surface area contributed by atoms with Crippen LogP contribution in [0.25, 0.3) is 0 Å². The van der Waals surface area contributed by atoms with E-state index >= 15 is 0 Å². The van der Waals surface area contributed by atoms with Gasteiger partial charge in [-0.3, -0.25) is 4.79 Å². The van der Waals surface area contributed by atoms with E-state index in [0.717, 1.165) is 38.7 Å². The van der Waals surface area contributed by atoms with Crippen molar-refractivity contribution in [3.05, 3.63) is 0 Å². The van der Waals surface area contributed by atoms with Crippen LogP contribution >= 0.6 is 0 Å². The number of urea groups is 1. The molecule has 0 aromatic rings. The summed E-state index contributed by atoms with van der Waals surface area (Å²) < 4.78 is 5.35. The van der Waals surface area contributed by atoms with Gasteiger partial charge in [0.05, 0.1) is 12.5 Å². The molecule has 0 saturated heterocycles. The highest BCUT2D eigenvalue weighted by Crippen LogP contribution is 2.29. The first-order valence-electron chi connectivity index (χ1n) is 7.97. The molecule has 1 aliphatic carbocycles. The van der Waals surface area contributed by atoms with Crippen LogP contribution in [0.4, 0.5) is 4.79 Å². The lowest BCUT2D eigenvalue weighted by atomic mass is 9.79. The summed E-state index contributed by atoms with van der Waals surface area (Å²) in [6, 6.07) is -0.246. The molecule has 1 fully saturated rings. The van der Waals surface area contributed by atoms with E-state index in [1.165, 1.54) is 0 Å². The Kier molecular flexibility index (Phi) is 8.82. The van der Waals surface area contributed by atoms with Gasteiger partial charge in [-0.1, -0.05) is 26.2 Å². The molecular weight excluding hydrogens is 272 g/mol. The van der Waals surface area contributed by atoms with Crippen molar-refractivity contribution in [1.82, 2.24) is 10.6 Å². The molecule has 0 aliphatic heterocycles. The van der Waals surface area contributed by atoms with Crippen LogP contribution in [-0.2, 0) is 9.53 Å². The van der Waals surface area contributed by atoms with Crippen LogP contribution in [0.2, 0.25) is 0 Å². The first-order valence-corrected chi connectivity index (χ1v) is 7.97. The van der Waals surface area contributed by atoms with Crippen molar-refractivity contribution in [2.45, 2.75) is 45.4 Å². The molecule has 2 amide bonds. The third kappa shape index (κ3) is 7.32. The van der Waals surface area contributed by atoms with Gasteiger partial charge in [-0.2, -0.15) is 0 Å². The second-order valence-corrected chi connectivity index (χ2v) is 5.59. The maximum absolute atomic E-state index is 11.6. The summed E-state index contributed by atoms with van der Waals surface area (Å²) in [6.45, 7) is 4.24. The molecule has 2 atom stereocenters. The third-order valence-corrected chi connectivity index (χ3v) is 3.93. The van der Waals surface area contributed by atoms with Crippen LogP contribution in [0, 0.1) is 11.8 Å².